The van der Waals surface area contributed by atoms with Gasteiger partial charge in [-0.15, -0.1) is 10.2 Å². The number of nitrogens with one attached hydrogen (secondary N) is 1. The molecule has 0 aliphatic heterocycles. The average molecular weight is 459 g/mol. The zero-order valence-corrected chi connectivity index (χ0v) is 19.3. The average Bonchev–Trinajstić information content (AvgIpc) is 3.37. The van der Waals surface area contributed by atoms with Crippen molar-refractivity contribution in [1.82, 2.24) is 30.5 Å². The Bertz CT molecular complexity index is 1300. The minimum atomic E-state index is -0.991. The van der Waals surface area contributed by atoms with Crippen LogP contribution >= 0.6 is 0 Å². The number of hydrogen-bond acceptors (Lipinski definition) is 6. The van der Waals surface area contributed by atoms with Gasteiger partial charge in [-0.25, -0.2) is 9.78 Å². The Balaban J connectivity index is 1.59. The first-order valence-electron chi connectivity index (χ1n) is 11.1. The molecule has 2 aromatic heterocycles. The number of tetrazole rings is 1. The highest BCUT2D eigenvalue weighted by atomic mass is 16.4. The molecule has 1 amide bonds. The molecule has 1 atom stereocenters. The zero-order chi connectivity index (χ0) is 24.2. The lowest BCUT2D eigenvalue weighted by Crippen LogP contribution is -2.47. The maximum atomic E-state index is 12.6. The summed E-state index contributed by atoms with van der Waals surface area (Å²) in [7, 11) is 0. The third-order valence-corrected chi connectivity index (χ3v) is 5.73. The van der Waals surface area contributed by atoms with Crippen LogP contribution in [-0.2, 0) is 16.1 Å². The summed E-state index contributed by atoms with van der Waals surface area (Å²) in [6, 6.07) is 16.6. The van der Waals surface area contributed by atoms with E-state index in [1.165, 1.54) is 4.90 Å². The van der Waals surface area contributed by atoms with Crippen molar-refractivity contribution in [3.8, 4) is 22.6 Å². The van der Waals surface area contributed by atoms with Gasteiger partial charge in [0.2, 0.25) is 11.7 Å². The molecule has 0 spiro atoms. The van der Waals surface area contributed by atoms with Gasteiger partial charge in [-0.2, -0.15) is 5.21 Å². The summed E-state index contributed by atoms with van der Waals surface area (Å²) < 4.78 is 0. The smallest absolute Gasteiger partial charge is 0.326 e. The molecule has 0 radical (unpaired) electrons. The van der Waals surface area contributed by atoms with Crippen LogP contribution in [-0.4, -0.2) is 53.5 Å². The number of amides is 1. The highest BCUT2D eigenvalue weighted by molar-refractivity contribution is 5.85. The van der Waals surface area contributed by atoms with Gasteiger partial charge in [0.25, 0.3) is 0 Å². The Kier molecular flexibility index (Phi) is 6.62. The van der Waals surface area contributed by atoms with E-state index in [-0.39, 0.29) is 24.8 Å². The molecule has 4 aromatic rings. The number of carboxylic acids is 1. The molecule has 34 heavy (non-hydrogen) atoms. The first-order chi connectivity index (χ1) is 16.4. The van der Waals surface area contributed by atoms with Crippen LogP contribution in [0, 0.1) is 5.92 Å². The van der Waals surface area contributed by atoms with Gasteiger partial charge in [-0.1, -0.05) is 57.2 Å². The van der Waals surface area contributed by atoms with Crippen LogP contribution in [0.3, 0.4) is 0 Å². The molecule has 0 saturated heterocycles. The highest BCUT2D eigenvalue weighted by Gasteiger charge is 2.31. The molecule has 2 aromatic carbocycles. The Morgan fingerprint density at radius 2 is 1.76 bits per heavy atom. The monoisotopic (exact) mass is 458 g/mol. The summed E-state index contributed by atoms with van der Waals surface area (Å²) in [6.07, 6.45) is 0.251. The number of pyridine rings is 1. The van der Waals surface area contributed by atoms with Gasteiger partial charge >= 0.3 is 5.97 Å². The van der Waals surface area contributed by atoms with Crippen LogP contribution < -0.4 is 0 Å². The van der Waals surface area contributed by atoms with Gasteiger partial charge in [0, 0.05) is 29.5 Å². The van der Waals surface area contributed by atoms with Crippen molar-refractivity contribution >= 4 is 22.8 Å². The predicted molar refractivity (Wildman–Crippen MR) is 127 cm³/mol. The molecule has 0 saturated carbocycles. The number of aromatic amines is 1. The Labute approximate surface area is 196 Å². The number of benzene rings is 2. The van der Waals surface area contributed by atoms with Gasteiger partial charge in [0.05, 0.1) is 11.2 Å². The number of nitrogens with zero attached hydrogens (tertiary/aromatic N) is 5. The van der Waals surface area contributed by atoms with Gasteiger partial charge in [0.15, 0.2) is 0 Å². The maximum absolute atomic E-state index is 12.6. The SMILES string of the molecule is CCC(=O)N(Cc1ccc2nc(-c3ccc(-c4nn[nH]n4)cc3)ccc2c1)C(C(=O)O)C(C)C. The molecule has 0 aliphatic carbocycles. The fourth-order valence-corrected chi connectivity index (χ4v) is 4.03. The number of rotatable bonds is 8. The number of aliphatic carboxylic acids is 1. The van der Waals surface area contributed by atoms with Crippen LogP contribution in [0.15, 0.2) is 54.6 Å². The number of carbonyl (C=O) groups is 2. The van der Waals surface area contributed by atoms with Crippen molar-refractivity contribution in [1.29, 1.82) is 0 Å². The summed E-state index contributed by atoms with van der Waals surface area (Å²) >= 11 is 0. The lowest BCUT2D eigenvalue weighted by Gasteiger charge is -2.31. The number of hydrogen-bond donors (Lipinski definition) is 2. The van der Waals surface area contributed by atoms with E-state index >= 15 is 0 Å². The molecular formula is C25H26N6O3. The van der Waals surface area contributed by atoms with Crippen LogP contribution in [0.2, 0.25) is 0 Å². The van der Waals surface area contributed by atoms with E-state index in [0.29, 0.717) is 5.82 Å². The summed E-state index contributed by atoms with van der Waals surface area (Å²) in [5.74, 6) is -0.846. The van der Waals surface area contributed by atoms with Crippen molar-refractivity contribution in [2.24, 2.45) is 5.92 Å². The maximum Gasteiger partial charge on any atom is 0.326 e. The highest BCUT2D eigenvalue weighted by Crippen LogP contribution is 2.25. The summed E-state index contributed by atoms with van der Waals surface area (Å²) in [5.41, 5.74) is 4.32. The fourth-order valence-electron chi connectivity index (χ4n) is 4.03. The molecule has 1 unspecified atom stereocenters. The van der Waals surface area contributed by atoms with Gasteiger partial charge in [0.1, 0.15) is 6.04 Å². The van der Waals surface area contributed by atoms with Crippen molar-refractivity contribution < 1.29 is 14.7 Å². The Morgan fingerprint density at radius 3 is 2.38 bits per heavy atom. The molecule has 4 rings (SSSR count). The van der Waals surface area contributed by atoms with E-state index in [1.807, 2.05) is 68.4 Å². The second-order valence-corrected chi connectivity index (χ2v) is 8.44. The number of H-pyrrole nitrogens is 1. The molecule has 0 aliphatic rings. The zero-order valence-electron chi connectivity index (χ0n) is 19.3. The molecule has 0 fully saturated rings. The molecule has 9 nitrogen and oxygen atoms in total. The number of fused-ring (bicyclic) bond motifs is 1. The van der Waals surface area contributed by atoms with Crippen molar-refractivity contribution in [3.05, 3.63) is 60.2 Å². The summed E-state index contributed by atoms with van der Waals surface area (Å²) in [4.78, 5) is 30.7. The minimum Gasteiger partial charge on any atom is -0.480 e. The fraction of sp³-hybridized carbons (Fsp3) is 0.280. The van der Waals surface area contributed by atoms with Gasteiger partial charge in [-0.05, 0) is 34.9 Å². The van der Waals surface area contributed by atoms with Gasteiger partial charge in [-0.3, -0.25) is 4.79 Å². The van der Waals surface area contributed by atoms with E-state index < -0.39 is 12.0 Å². The van der Waals surface area contributed by atoms with E-state index in [9.17, 15) is 14.7 Å². The van der Waals surface area contributed by atoms with Crippen LogP contribution in [0.5, 0.6) is 0 Å². The largest absolute Gasteiger partial charge is 0.480 e. The first kappa shape index (κ1) is 23.0. The molecular weight excluding hydrogens is 432 g/mol. The summed E-state index contributed by atoms with van der Waals surface area (Å²) in [5, 5.41) is 24.6. The standard InChI is InChI=1S/C25H26N6O3/c1-4-22(32)31(23(15(2)3)25(33)34)14-16-5-11-21-19(13-16)10-12-20(26-21)17-6-8-18(9-7-17)24-27-29-30-28-24/h5-13,15,23H,4,14H2,1-3H3,(H,33,34)(H,27,28,29,30). The lowest BCUT2D eigenvalue weighted by atomic mass is 10.0. The second-order valence-electron chi connectivity index (χ2n) is 8.44. The van der Waals surface area contributed by atoms with E-state index in [0.717, 1.165) is 33.3 Å². The normalized spacial score (nSPS) is 12.1. The van der Waals surface area contributed by atoms with Crippen LogP contribution in [0.4, 0.5) is 0 Å². The lowest BCUT2D eigenvalue weighted by molar-refractivity contribution is -0.152. The van der Waals surface area contributed by atoms with Crippen molar-refractivity contribution in [2.75, 3.05) is 0 Å². The van der Waals surface area contributed by atoms with Gasteiger partial charge < -0.3 is 10.0 Å². The number of carboxylic acid groups (broad SMARTS) is 1. The van der Waals surface area contributed by atoms with E-state index in [1.54, 1.807) is 6.92 Å². The van der Waals surface area contributed by atoms with Crippen LogP contribution in [0.1, 0.15) is 32.8 Å². The van der Waals surface area contributed by atoms with E-state index in [2.05, 4.69) is 20.6 Å². The van der Waals surface area contributed by atoms with Crippen molar-refractivity contribution in [3.63, 3.8) is 0 Å². The number of aromatic nitrogens is 5. The van der Waals surface area contributed by atoms with Crippen LogP contribution in [0.25, 0.3) is 33.5 Å². The number of carbonyl (C=O) groups excluding carboxylic acids is 1. The molecule has 2 heterocycles. The van der Waals surface area contributed by atoms with Crippen molar-refractivity contribution in [2.45, 2.75) is 39.8 Å². The minimum absolute atomic E-state index is 0.182. The Morgan fingerprint density at radius 1 is 1.03 bits per heavy atom. The first-order valence-corrected chi connectivity index (χ1v) is 11.1. The topological polar surface area (TPSA) is 125 Å². The third-order valence-electron chi connectivity index (χ3n) is 5.73. The van der Waals surface area contributed by atoms with E-state index in [4.69, 9.17) is 4.98 Å². The molecule has 0 bridgehead atoms. The molecule has 2 N–H and O–H groups in total. The molecule has 174 valence electrons. The predicted octanol–water partition coefficient (Wildman–Crippen LogP) is 3.93. The quantitative estimate of drug-likeness (QED) is 0.410. The third kappa shape index (κ3) is 4.78. The summed E-state index contributed by atoms with van der Waals surface area (Å²) in [6.45, 7) is 5.61. The molecule has 9 heteroatoms. The second kappa shape index (κ2) is 9.78. The Hall–Kier alpha value is -4.14.